The molecule has 0 spiro atoms. The van der Waals surface area contributed by atoms with Gasteiger partial charge in [0.05, 0.1) is 22.2 Å². The number of carbonyl (C=O) groups is 1. The average Bonchev–Trinajstić information content (AvgIpc) is 3.15. The van der Waals surface area contributed by atoms with Crippen LogP contribution in [0.1, 0.15) is 22.3 Å². The van der Waals surface area contributed by atoms with Crippen LogP contribution in [0.2, 0.25) is 5.02 Å². The number of nitrogens with zero attached hydrogens (tertiary/aromatic N) is 2. The summed E-state index contributed by atoms with van der Waals surface area (Å²) in [6.07, 6.45) is 1.81. The third-order valence-electron chi connectivity index (χ3n) is 4.82. The summed E-state index contributed by atoms with van der Waals surface area (Å²) in [4.78, 5) is 17.4. The topological polar surface area (TPSA) is 74.5 Å². The fraction of sp³-hybridized carbons (Fsp3) is 0.0800. The molecule has 1 saturated heterocycles. The molecule has 4 rings (SSSR count). The molecule has 32 heavy (non-hydrogen) atoms. The molecule has 1 fully saturated rings. The second-order valence-corrected chi connectivity index (χ2v) is 8.43. The van der Waals surface area contributed by atoms with Gasteiger partial charge in [0.15, 0.2) is 5.17 Å². The summed E-state index contributed by atoms with van der Waals surface area (Å²) in [5, 5.41) is 13.1. The molecule has 7 heteroatoms. The van der Waals surface area contributed by atoms with Crippen molar-refractivity contribution >= 4 is 46.2 Å². The smallest absolute Gasteiger partial charge is 0.264 e. The Labute approximate surface area is 195 Å². The van der Waals surface area contributed by atoms with E-state index in [1.807, 2.05) is 73.7 Å². The number of amides is 1. The minimum absolute atomic E-state index is 0.193. The van der Waals surface area contributed by atoms with E-state index in [0.29, 0.717) is 33.0 Å². The Morgan fingerprint density at radius 2 is 1.91 bits per heavy atom. The predicted molar refractivity (Wildman–Crippen MR) is 129 cm³/mol. The monoisotopic (exact) mass is 459 g/mol. The van der Waals surface area contributed by atoms with Gasteiger partial charge in [0.2, 0.25) is 0 Å². The highest BCUT2D eigenvalue weighted by Crippen LogP contribution is 2.31. The van der Waals surface area contributed by atoms with Gasteiger partial charge in [-0.2, -0.15) is 5.26 Å². The van der Waals surface area contributed by atoms with Gasteiger partial charge in [-0.1, -0.05) is 48.0 Å². The van der Waals surface area contributed by atoms with Crippen molar-refractivity contribution in [3.63, 3.8) is 0 Å². The molecule has 158 valence electrons. The van der Waals surface area contributed by atoms with Crippen LogP contribution in [0.15, 0.2) is 76.6 Å². The van der Waals surface area contributed by atoms with E-state index in [-0.39, 0.29) is 5.91 Å². The van der Waals surface area contributed by atoms with Crippen molar-refractivity contribution in [2.75, 3.05) is 0 Å². The Balaban J connectivity index is 1.44. The van der Waals surface area contributed by atoms with Gasteiger partial charge in [-0.05, 0) is 66.2 Å². The van der Waals surface area contributed by atoms with Crippen LogP contribution in [0.4, 0.5) is 5.69 Å². The lowest BCUT2D eigenvalue weighted by Gasteiger charge is -2.07. The van der Waals surface area contributed by atoms with E-state index in [9.17, 15) is 10.1 Å². The normalized spacial score (nSPS) is 15.6. The lowest BCUT2D eigenvalue weighted by molar-refractivity contribution is -0.115. The summed E-state index contributed by atoms with van der Waals surface area (Å²) in [6.45, 7) is 2.20. The summed E-state index contributed by atoms with van der Waals surface area (Å²) < 4.78 is 5.80. The summed E-state index contributed by atoms with van der Waals surface area (Å²) in [7, 11) is 0. The minimum atomic E-state index is -0.193. The van der Waals surface area contributed by atoms with E-state index in [0.717, 1.165) is 22.4 Å². The molecule has 3 aromatic rings. The molecule has 0 bridgehead atoms. The molecule has 3 aromatic carbocycles. The first-order valence-electron chi connectivity index (χ1n) is 9.79. The van der Waals surface area contributed by atoms with Gasteiger partial charge < -0.3 is 10.1 Å². The fourth-order valence-electron chi connectivity index (χ4n) is 3.04. The summed E-state index contributed by atoms with van der Waals surface area (Å²) in [5.41, 5.74) is 3.89. The molecular formula is C25H18ClN3O2S. The van der Waals surface area contributed by atoms with Crippen LogP contribution < -0.4 is 10.1 Å². The number of hydrogen-bond acceptors (Lipinski definition) is 5. The number of nitrogens with one attached hydrogen (secondary N) is 1. The third-order valence-corrected chi connectivity index (χ3v) is 6.14. The van der Waals surface area contributed by atoms with E-state index in [4.69, 9.17) is 16.3 Å². The number of rotatable bonds is 5. The van der Waals surface area contributed by atoms with Gasteiger partial charge >= 0.3 is 0 Å². The number of halogens is 1. The Kier molecular flexibility index (Phi) is 6.60. The van der Waals surface area contributed by atoms with Gasteiger partial charge in [-0.15, -0.1) is 0 Å². The number of amidine groups is 1. The van der Waals surface area contributed by atoms with E-state index in [1.165, 1.54) is 11.8 Å². The minimum Gasteiger partial charge on any atom is -0.489 e. The van der Waals surface area contributed by atoms with Crippen molar-refractivity contribution < 1.29 is 9.53 Å². The summed E-state index contributed by atoms with van der Waals surface area (Å²) in [5.74, 6) is 0.490. The quantitative estimate of drug-likeness (QED) is 0.475. The molecule has 0 saturated carbocycles. The van der Waals surface area contributed by atoms with Crippen LogP contribution >= 0.6 is 23.4 Å². The van der Waals surface area contributed by atoms with Crippen molar-refractivity contribution in [1.82, 2.24) is 5.32 Å². The first-order valence-corrected chi connectivity index (χ1v) is 11.0. The molecule has 1 amide bonds. The maximum Gasteiger partial charge on any atom is 0.264 e. The molecule has 1 aliphatic heterocycles. The molecule has 0 aliphatic carbocycles. The lowest BCUT2D eigenvalue weighted by atomic mass is 10.1. The number of carbonyl (C=O) groups excluding carboxylic acids is 1. The zero-order valence-corrected chi connectivity index (χ0v) is 18.7. The van der Waals surface area contributed by atoms with E-state index < -0.39 is 0 Å². The standard InChI is InChI=1S/C25H18ClN3O2S/c1-16-21(26)7-4-8-22(16)28-25-29-24(30)23(32-25)13-17-9-11-20(12-10-17)31-15-19-6-3-2-5-18(19)14-27/h2-13H,15H2,1H3,(H,28,29,30)/b23-13+. The highest BCUT2D eigenvalue weighted by Gasteiger charge is 2.24. The Morgan fingerprint density at radius 1 is 1.12 bits per heavy atom. The zero-order chi connectivity index (χ0) is 22.5. The Bertz CT molecular complexity index is 1280. The van der Waals surface area contributed by atoms with Crippen LogP contribution in [-0.2, 0) is 11.4 Å². The van der Waals surface area contributed by atoms with Gasteiger partial charge in [-0.3, -0.25) is 4.79 Å². The Hall–Kier alpha value is -3.53. The maximum atomic E-state index is 12.4. The molecule has 0 aromatic heterocycles. The molecule has 0 unspecified atom stereocenters. The van der Waals surface area contributed by atoms with Crippen molar-refractivity contribution in [3.8, 4) is 11.8 Å². The Morgan fingerprint density at radius 3 is 2.69 bits per heavy atom. The lowest BCUT2D eigenvalue weighted by Crippen LogP contribution is -2.19. The molecule has 0 radical (unpaired) electrons. The van der Waals surface area contributed by atoms with E-state index in [1.54, 1.807) is 6.07 Å². The van der Waals surface area contributed by atoms with Crippen LogP contribution in [0.5, 0.6) is 5.75 Å². The molecule has 1 N–H and O–H groups in total. The molecule has 1 aliphatic rings. The average molecular weight is 460 g/mol. The van der Waals surface area contributed by atoms with Gasteiger partial charge in [0.25, 0.3) is 5.91 Å². The largest absolute Gasteiger partial charge is 0.489 e. The highest BCUT2D eigenvalue weighted by atomic mass is 35.5. The van der Waals surface area contributed by atoms with Crippen LogP contribution in [0.3, 0.4) is 0 Å². The number of aliphatic imine (C=N–C) groups is 1. The SMILES string of the molecule is Cc1c(Cl)cccc1N=C1NC(=O)/C(=C\c2ccc(OCc3ccccc3C#N)cc2)S1. The van der Waals surface area contributed by atoms with Crippen LogP contribution in [0.25, 0.3) is 6.08 Å². The van der Waals surface area contributed by atoms with Crippen molar-refractivity contribution in [2.45, 2.75) is 13.5 Å². The highest BCUT2D eigenvalue weighted by molar-refractivity contribution is 8.18. The first-order chi connectivity index (χ1) is 15.5. The molecule has 0 atom stereocenters. The van der Waals surface area contributed by atoms with E-state index >= 15 is 0 Å². The molecule has 1 heterocycles. The summed E-state index contributed by atoms with van der Waals surface area (Å²) >= 11 is 7.43. The first kappa shape index (κ1) is 21.7. The van der Waals surface area contributed by atoms with E-state index in [2.05, 4.69) is 16.4 Å². The van der Waals surface area contributed by atoms with Crippen LogP contribution in [-0.4, -0.2) is 11.1 Å². The van der Waals surface area contributed by atoms with Crippen molar-refractivity contribution in [1.29, 1.82) is 5.26 Å². The van der Waals surface area contributed by atoms with Gasteiger partial charge in [0, 0.05) is 10.6 Å². The third kappa shape index (κ3) is 5.02. The molecule has 5 nitrogen and oxygen atoms in total. The number of benzene rings is 3. The van der Waals surface area contributed by atoms with Crippen molar-refractivity contribution in [2.24, 2.45) is 4.99 Å². The zero-order valence-electron chi connectivity index (χ0n) is 17.1. The van der Waals surface area contributed by atoms with Gasteiger partial charge in [-0.25, -0.2) is 4.99 Å². The number of hydrogen-bond donors (Lipinski definition) is 1. The second kappa shape index (κ2) is 9.73. The maximum absolute atomic E-state index is 12.4. The second-order valence-electron chi connectivity index (χ2n) is 6.99. The van der Waals surface area contributed by atoms with Crippen molar-refractivity contribution in [3.05, 3.63) is 98.9 Å². The summed E-state index contributed by atoms with van der Waals surface area (Å²) in [6, 6.07) is 22.4. The molecular weight excluding hydrogens is 442 g/mol. The van der Waals surface area contributed by atoms with Gasteiger partial charge in [0.1, 0.15) is 12.4 Å². The number of thioether (sulfide) groups is 1. The predicted octanol–water partition coefficient (Wildman–Crippen LogP) is 5.99. The number of nitriles is 1. The van der Waals surface area contributed by atoms with Crippen LogP contribution in [0, 0.1) is 18.3 Å². The number of ether oxygens (including phenoxy) is 1. The fourth-order valence-corrected chi connectivity index (χ4v) is 4.04.